The van der Waals surface area contributed by atoms with E-state index in [1.807, 2.05) is 0 Å². The number of carboxylic acid groups (broad SMARTS) is 1. The summed E-state index contributed by atoms with van der Waals surface area (Å²) in [6.45, 7) is 0.534. The second-order valence-corrected chi connectivity index (χ2v) is 3.56. The van der Waals surface area contributed by atoms with E-state index in [1.165, 1.54) is 12.3 Å². The lowest BCUT2D eigenvalue weighted by Gasteiger charge is -2.06. The Morgan fingerprint density at radius 3 is 3.00 bits per heavy atom. The Kier molecular flexibility index (Phi) is 4.67. The van der Waals surface area contributed by atoms with Gasteiger partial charge in [0.25, 0.3) is 0 Å². The molecule has 1 aromatic heterocycles. The molecule has 0 unspecified atom stereocenters. The van der Waals surface area contributed by atoms with Crippen LogP contribution in [-0.4, -0.2) is 28.5 Å². The number of carbonyl (C=O) groups is 2. The van der Waals surface area contributed by atoms with E-state index in [-0.39, 0.29) is 18.3 Å². The maximum atomic E-state index is 11.3. The number of fused-ring (bicyclic) bond motifs is 1. The Labute approximate surface area is 110 Å². The molecule has 1 aromatic rings. The molecule has 0 aliphatic carbocycles. The highest BCUT2D eigenvalue weighted by atomic mass is 35.5. The van der Waals surface area contributed by atoms with Crippen molar-refractivity contribution < 1.29 is 14.7 Å². The van der Waals surface area contributed by atoms with E-state index < -0.39 is 5.97 Å². The Morgan fingerprint density at radius 2 is 2.28 bits per heavy atom. The minimum Gasteiger partial charge on any atom is -0.478 e. The summed E-state index contributed by atoms with van der Waals surface area (Å²) in [6, 6.07) is 1.74. The third-order valence-electron chi connectivity index (χ3n) is 2.25. The molecule has 96 valence electrons. The molecule has 0 saturated heterocycles. The van der Waals surface area contributed by atoms with Crippen molar-refractivity contribution in [1.82, 2.24) is 4.98 Å². The lowest BCUT2D eigenvalue weighted by molar-refractivity contribution is -0.131. The number of hydrogen-bond acceptors (Lipinski definition) is 4. The quantitative estimate of drug-likeness (QED) is 0.705. The molecule has 1 aliphatic rings. The standard InChI is InChI=1S/C11H11N3O3.ClH/c15-9-3-4-12-8-5-7(1-2-10(16)17)6-13-11(8)14-9;/h1-2,5-6,12H,3-4H2,(H,16,17)(H,13,14,15);1H. The van der Waals surface area contributed by atoms with Crippen LogP contribution in [0.15, 0.2) is 18.3 Å². The predicted octanol–water partition coefficient (Wildman–Crippen LogP) is 1.36. The van der Waals surface area contributed by atoms with Gasteiger partial charge in [-0.3, -0.25) is 4.79 Å². The predicted molar refractivity (Wildman–Crippen MR) is 69.9 cm³/mol. The van der Waals surface area contributed by atoms with Crippen molar-refractivity contribution in [3.63, 3.8) is 0 Å². The summed E-state index contributed by atoms with van der Waals surface area (Å²) in [5.41, 5.74) is 1.36. The van der Waals surface area contributed by atoms with Gasteiger partial charge in [-0.15, -0.1) is 12.4 Å². The van der Waals surface area contributed by atoms with E-state index in [2.05, 4.69) is 15.6 Å². The van der Waals surface area contributed by atoms with Crippen molar-refractivity contribution in [3.05, 3.63) is 23.9 Å². The van der Waals surface area contributed by atoms with Crippen molar-refractivity contribution in [2.75, 3.05) is 17.2 Å². The molecule has 0 aromatic carbocycles. The average molecular weight is 270 g/mol. The number of pyridine rings is 1. The maximum absolute atomic E-state index is 11.3. The van der Waals surface area contributed by atoms with Crippen LogP contribution in [0.1, 0.15) is 12.0 Å². The van der Waals surface area contributed by atoms with Gasteiger partial charge in [0.15, 0.2) is 5.82 Å². The van der Waals surface area contributed by atoms with Gasteiger partial charge >= 0.3 is 5.97 Å². The zero-order chi connectivity index (χ0) is 12.3. The third kappa shape index (κ3) is 3.46. The van der Waals surface area contributed by atoms with Gasteiger partial charge in [0.2, 0.25) is 5.91 Å². The number of carboxylic acids is 1. The van der Waals surface area contributed by atoms with E-state index in [0.717, 1.165) is 6.08 Å². The molecule has 0 atom stereocenters. The van der Waals surface area contributed by atoms with Crippen LogP contribution in [0.25, 0.3) is 6.08 Å². The smallest absolute Gasteiger partial charge is 0.328 e. The normalized spacial score (nSPS) is 13.9. The van der Waals surface area contributed by atoms with E-state index in [9.17, 15) is 9.59 Å². The summed E-state index contributed by atoms with van der Waals surface area (Å²) in [6.07, 6.45) is 4.38. The molecule has 2 rings (SSSR count). The van der Waals surface area contributed by atoms with Crippen molar-refractivity contribution in [3.8, 4) is 0 Å². The van der Waals surface area contributed by atoms with Crippen molar-refractivity contribution in [2.45, 2.75) is 6.42 Å². The molecule has 0 spiro atoms. The molecule has 3 N–H and O–H groups in total. The molecule has 2 heterocycles. The summed E-state index contributed by atoms with van der Waals surface area (Å²) in [5.74, 6) is -0.626. The summed E-state index contributed by atoms with van der Waals surface area (Å²) in [5, 5.41) is 14.2. The van der Waals surface area contributed by atoms with Crippen LogP contribution in [-0.2, 0) is 9.59 Å². The van der Waals surface area contributed by atoms with Crippen LogP contribution in [0, 0.1) is 0 Å². The minimum atomic E-state index is -1.01. The third-order valence-corrected chi connectivity index (χ3v) is 2.25. The largest absolute Gasteiger partial charge is 0.478 e. The Balaban J connectivity index is 0.00000162. The number of aromatic nitrogens is 1. The number of halogens is 1. The van der Waals surface area contributed by atoms with Gasteiger partial charge < -0.3 is 15.7 Å². The summed E-state index contributed by atoms with van der Waals surface area (Å²) in [7, 11) is 0. The van der Waals surface area contributed by atoms with E-state index in [4.69, 9.17) is 5.11 Å². The zero-order valence-corrected chi connectivity index (χ0v) is 10.2. The molecule has 0 saturated carbocycles. The fourth-order valence-electron chi connectivity index (χ4n) is 1.48. The summed E-state index contributed by atoms with van der Waals surface area (Å²) < 4.78 is 0. The second kappa shape index (κ2) is 6.02. The Morgan fingerprint density at radius 1 is 1.50 bits per heavy atom. The number of amides is 1. The molecule has 1 aliphatic heterocycles. The lowest BCUT2D eigenvalue weighted by Crippen LogP contribution is -2.11. The molecule has 0 radical (unpaired) electrons. The Bertz CT molecular complexity index is 502. The van der Waals surface area contributed by atoms with Gasteiger partial charge in [-0.25, -0.2) is 9.78 Å². The number of carbonyl (C=O) groups excluding carboxylic acids is 1. The van der Waals surface area contributed by atoms with Crippen LogP contribution in [0.2, 0.25) is 0 Å². The van der Waals surface area contributed by atoms with Crippen molar-refractivity contribution >= 4 is 41.9 Å². The molecule has 7 heteroatoms. The van der Waals surface area contributed by atoms with Crippen molar-refractivity contribution in [2.24, 2.45) is 0 Å². The first-order chi connectivity index (χ1) is 8.15. The lowest BCUT2D eigenvalue weighted by atomic mass is 10.2. The zero-order valence-electron chi connectivity index (χ0n) is 9.34. The highest BCUT2D eigenvalue weighted by molar-refractivity contribution is 5.95. The monoisotopic (exact) mass is 269 g/mol. The number of anilines is 2. The van der Waals surface area contributed by atoms with Crippen LogP contribution >= 0.6 is 12.4 Å². The van der Waals surface area contributed by atoms with Crippen molar-refractivity contribution in [1.29, 1.82) is 0 Å². The minimum absolute atomic E-state index is 0. The number of nitrogens with zero attached hydrogens (tertiary/aromatic N) is 1. The van der Waals surface area contributed by atoms with Crippen LogP contribution in [0.5, 0.6) is 0 Å². The Hall–Kier alpha value is -2.08. The highest BCUT2D eigenvalue weighted by Gasteiger charge is 2.12. The average Bonchev–Trinajstić information content (AvgIpc) is 2.46. The molecule has 18 heavy (non-hydrogen) atoms. The van der Waals surface area contributed by atoms with Crippen LogP contribution in [0.3, 0.4) is 0 Å². The first-order valence-corrected chi connectivity index (χ1v) is 5.10. The van der Waals surface area contributed by atoms with E-state index in [1.54, 1.807) is 6.07 Å². The molecular weight excluding hydrogens is 258 g/mol. The highest BCUT2D eigenvalue weighted by Crippen LogP contribution is 2.23. The number of aliphatic carboxylic acids is 1. The fourth-order valence-corrected chi connectivity index (χ4v) is 1.48. The molecule has 1 amide bonds. The fraction of sp³-hybridized carbons (Fsp3) is 0.182. The number of nitrogens with one attached hydrogen (secondary N) is 2. The SMILES string of the molecule is Cl.O=C(O)C=Cc1cnc2c(c1)NCCC(=O)N2. The van der Waals surface area contributed by atoms with E-state index >= 15 is 0 Å². The van der Waals surface area contributed by atoms with Crippen LogP contribution < -0.4 is 10.6 Å². The topological polar surface area (TPSA) is 91.3 Å². The second-order valence-electron chi connectivity index (χ2n) is 3.56. The maximum Gasteiger partial charge on any atom is 0.328 e. The van der Waals surface area contributed by atoms with Crippen LogP contribution in [0.4, 0.5) is 11.5 Å². The first-order valence-electron chi connectivity index (χ1n) is 5.10. The number of hydrogen-bond donors (Lipinski definition) is 3. The summed E-state index contributed by atoms with van der Waals surface area (Å²) >= 11 is 0. The van der Waals surface area contributed by atoms with E-state index in [0.29, 0.717) is 30.0 Å². The van der Waals surface area contributed by atoms with Gasteiger partial charge in [-0.1, -0.05) is 0 Å². The van der Waals surface area contributed by atoms with Gasteiger partial charge in [0.1, 0.15) is 0 Å². The van der Waals surface area contributed by atoms with Gasteiger partial charge in [-0.2, -0.15) is 0 Å². The van der Waals surface area contributed by atoms with Gasteiger partial charge in [0.05, 0.1) is 5.69 Å². The summed E-state index contributed by atoms with van der Waals surface area (Å²) in [4.78, 5) is 25.7. The molecule has 0 bridgehead atoms. The molecule has 0 fully saturated rings. The van der Waals surface area contributed by atoms with Gasteiger partial charge in [0, 0.05) is 25.2 Å². The number of rotatable bonds is 2. The molecule has 6 nitrogen and oxygen atoms in total. The molecular formula is C11H12ClN3O3. The van der Waals surface area contributed by atoms with Gasteiger partial charge in [-0.05, 0) is 17.7 Å². The first kappa shape index (κ1) is 14.0.